The van der Waals surface area contributed by atoms with E-state index in [9.17, 15) is 13.2 Å². The van der Waals surface area contributed by atoms with Crippen LogP contribution in [0.4, 0.5) is 5.69 Å². The molecule has 0 bridgehead atoms. The SMILES string of the molecule is CCn1c(SC(C)C(=O)Nc2ccc(Cl)c(S(=O)(=O)N(C)C)c2)nnc1-c1ccoc1C. The third kappa shape index (κ3) is 4.85. The number of aromatic nitrogens is 3. The summed E-state index contributed by atoms with van der Waals surface area (Å²) in [5.74, 6) is 1.10. The molecule has 1 atom stereocenters. The van der Waals surface area contributed by atoms with E-state index < -0.39 is 15.3 Å². The van der Waals surface area contributed by atoms with Gasteiger partial charge in [-0.05, 0) is 45.0 Å². The Bertz CT molecular complexity index is 1240. The number of hydrogen-bond acceptors (Lipinski definition) is 7. The number of thioether (sulfide) groups is 1. The molecule has 0 saturated carbocycles. The molecule has 0 aliphatic heterocycles. The molecule has 1 N–H and O–H groups in total. The zero-order chi connectivity index (χ0) is 23.6. The fourth-order valence-electron chi connectivity index (χ4n) is 2.91. The topological polar surface area (TPSA) is 110 Å². The van der Waals surface area contributed by atoms with Crippen molar-refractivity contribution in [1.29, 1.82) is 0 Å². The molecule has 0 fully saturated rings. The van der Waals surface area contributed by atoms with E-state index in [1.165, 1.54) is 38.0 Å². The average molecular weight is 498 g/mol. The summed E-state index contributed by atoms with van der Waals surface area (Å²) in [5.41, 5.74) is 1.18. The first kappa shape index (κ1) is 24.3. The normalized spacial score (nSPS) is 12.8. The van der Waals surface area contributed by atoms with Crippen LogP contribution in [-0.2, 0) is 21.4 Å². The highest BCUT2D eigenvalue weighted by molar-refractivity contribution is 8.00. The summed E-state index contributed by atoms with van der Waals surface area (Å²) in [5, 5.41) is 11.4. The Morgan fingerprint density at radius 2 is 2.03 bits per heavy atom. The number of carbonyl (C=O) groups excluding carboxylic acids is 1. The lowest BCUT2D eigenvalue weighted by Crippen LogP contribution is -2.24. The third-order valence-electron chi connectivity index (χ3n) is 4.74. The van der Waals surface area contributed by atoms with Crippen LogP contribution < -0.4 is 5.32 Å². The molecule has 0 radical (unpaired) electrons. The van der Waals surface area contributed by atoms with Gasteiger partial charge in [-0.25, -0.2) is 12.7 Å². The quantitative estimate of drug-likeness (QED) is 0.470. The van der Waals surface area contributed by atoms with Crippen molar-refractivity contribution in [2.75, 3.05) is 19.4 Å². The fourth-order valence-corrected chi connectivity index (χ4v) is 5.21. The molecule has 1 amide bonds. The molecule has 1 unspecified atom stereocenters. The Balaban J connectivity index is 1.78. The zero-order valence-corrected chi connectivity index (χ0v) is 20.7. The largest absolute Gasteiger partial charge is 0.469 e. The van der Waals surface area contributed by atoms with Crippen molar-refractivity contribution in [3.8, 4) is 11.4 Å². The minimum atomic E-state index is -3.75. The van der Waals surface area contributed by atoms with Crippen molar-refractivity contribution in [2.24, 2.45) is 0 Å². The fraction of sp³-hybridized carbons (Fsp3) is 0.350. The molecular weight excluding hydrogens is 474 g/mol. The summed E-state index contributed by atoms with van der Waals surface area (Å²) in [4.78, 5) is 12.7. The van der Waals surface area contributed by atoms with Crippen molar-refractivity contribution < 1.29 is 17.6 Å². The van der Waals surface area contributed by atoms with Gasteiger partial charge in [0, 0.05) is 26.3 Å². The van der Waals surface area contributed by atoms with Crippen LogP contribution in [0.2, 0.25) is 5.02 Å². The molecule has 3 aromatic rings. The van der Waals surface area contributed by atoms with E-state index in [1.54, 1.807) is 19.3 Å². The van der Waals surface area contributed by atoms with E-state index in [2.05, 4.69) is 15.5 Å². The molecule has 0 aliphatic carbocycles. The zero-order valence-electron chi connectivity index (χ0n) is 18.3. The van der Waals surface area contributed by atoms with Crippen LogP contribution in [-0.4, -0.2) is 52.7 Å². The Hall–Kier alpha value is -2.34. The van der Waals surface area contributed by atoms with Crippen molar-refractivity contribution in [2.45, 2.75) is 42.6 Å². The van der Waals surface area contributed by atoms with Crippen LogP contribution in [0.3, 0.4) is 0 Å². The van der Waals surface area contributed by atoms with Crippen LogP contribution in [0.1, 0.15) is 19.6 Å². The summed E-state index contributed by atoms with van der Waals surface area (Å²) in [6.45, 7) is 6.18. The van der Waals surface area contributed by atoms with Crippen molar-refractivity contribution in [1.82, 2.24) is 19.1 Å². The molecular formula is C20H24ClN5O4S2. The summed E-state index contributed by atoms with van der Waals surface area (Å²) in [6.07, 6.45) is 1.60. The average Bonchev–Trinajstić information content (AvgIpc) is 3.34. The lowest BCUT2D eigenvalue weighted by Gasteiger charge is -2.16. The number of carbonyl (C=O) groups is 1. The molecule has 0 spiro atoms. The third-order valence-corrected chi connectivity index (χ3v) is 8.12. The highest BCUT2D eigenvalue weighted by Crippen LogP contribution is 2.30. The summed E-state index contributed by atoms with van der Waals surface area (Å²) in [7, 11) is -0.919. The van der Waals surface area contributed by atoms with Gasteiger partial charge in [0.1, 0.15) is 10.7 Å². The maximum absolute atomic E-state index is 12.8. The standard InChI is InChI=1S/C20H24ClN5O4S2/c1-6-26-18(15-9-10-30-12(15)2)23-24-20(26)31-13(3)19(27)22-14-7-8-16(21)17(11-14)32(28,29)25(4)5/h7-11,13H,6H2,1-5H3,(H,22,27). The van der Waals surface area contributed by atoms with E-state index in [4.69, 9.17) is 16.0 Å². The predicted octanol–water partition coefficient (Wildman–Crippen LogP) is 3.89. The lowest BCUT2D eigenvalue weighted by atomic mass is 10.2. The number of anilines is 1. The number of aryl methyl sites for hydroxylation is 1. The van der Waals surface area contributed by atoms with Gasteiger partial charge >= 0.3 is 0 Å². The molecule has 9 nitrogen and oxygen atoms in total. The summed E-state index contributed by atoms with van der Waals surface area (Å²) in [6, 6.07) is 6.18. The van der Waals surface area contributed by atoms with Crippen LogP contribution >= 0.6 is 23.4 Å². The molecule has 3 rings (SSSR count). The van der Waals surface area contributed by atoms with Crippen LogP contribution in [0.25, 0.3) is 11.4 Å². The van der Waals surface area contributed by atoms with E-state index in [-0.39, 0.29) is 15.8 Å². The van der Waals surface area contributed by atoms with Gasteiger partial charge in [0.05, 0.1) is 22.1 Å². The Kier molecular flexibility index (Phi) is 7.33. The second kappa shape index (κ2) is 9.65. The number of halogens is 1. The maximum Gasteiger partial charge on any atom is 0.244 e. The Labute approximate surface area is 196 Å². The van der Waals surface area contributed by atoms with Gasteiger partial charge in [-0.15, -0.1) is 10.2 Å². The lowest BCUT2D eigenvalue weighted by molar-refractivity contribution is -0.115. The van der Waals surface area contributed by atoms with Crippen LogP contribution in [0.15, 0.2) is 45.0 Å². The second-order valence-electron chi connectivity index (χ2n) is 7.12. The van der Waals surface area contributed by atoms with Gasteiger partial charge in [0.25, 0.3) is 0 Å². The van der Waals surface area contributed by atoms with Crippen LogP contribution in [0.5, 0.6) is 0 Å². The minimum Gasteiger partial charge on any atom is -0.469 e. The second-order valence-corrected chi connectivity index (χ2v) is 11.0. The number of sulfonamides is 1. The minimum absolute atomic E-state index is 0.0758. The molecule has 12 heteroatoms. The van der Waals surface area contributed by atoms with Gasteiger partial charge in [0.2, 0.25) is 15.9 Å². The number of hydrogen-bond donors (Lipinski definition) is 1. The number of nitrogens with zero attached hydrogens (tertiary/aromatic N) is 4. The van der Waals surface area contributed by atoms with Gasteiger partial charge < -0.3 is 14.3 Å². The van der Waals surface area contributed by atoms with Gasteiger partial charge in [-0.2, -0.15) is 0 Å². The molecule has 2 aromatic heterocycles. The first-order chi connectivity index (χ1) is 15.1. The van der Waals surface area contributed by atoms with E-state index >= 15 is 0 Å². The molecule has 172 valence electrons. The predicted molar refractivity (Wildman–Crippen MR) is 124 cm³/mol. The van der Waals surface area contributed by atoms with Gasteiger partial charge in [0.15, 0.2) is 11.0 Å². The number of furan rings is 1. The Morgan fingerprint density at radius 3 is 2.62 bits per heavy atom. The number of nitrogens with one attached hydrogen (secondary N) is 1. The van der Waals surface area contributed by atoms with Crippen molar-refractivity contribution in [3.63, 3.8) is 0 Å². The highest BCUT2D eigenvalue weighted by Gasteiger charge is 2.24. The van der Waals surface area contributed by atoms with E-state index in [1.807, 2.05) is 24.5 Å². The van der Waals surface area contributed by atoms with Crippen LogP contribution in [0, 0.1) is 6.92 Å². The summed E-state index contributed by atoms with van der Waals surface area (Å²) >= 11 is 7.33. The first-order valence-corrected chi connectivity index (χ1v) is 12.4. The van der Waals surface area contributed by atoms with E-state index in [0.29, 0.717) is 23.2 Å². The monoisotopic (exact) mass is 497 g/mol. The van der Waals surface area contributed by atoms with Crippen molar-refractivity contribution >= 4 is 45.0 Å². The van der Waals surface area contributed by atoms with Gasteiger partial charge in [-0.3, -0.25) is 4.79 Å². The smallest absolute Gasteiger partial charge is 0.244 e. The number of amides is 1. The summed E-state index contributed by atoms with van der Waals surface area (Å²) < 4.78 is 33.3. The maximum atomic E-state index is 12.8. The molecule has 32 heavy (non-hydrogen) atoms. The van der Waals surface area contributed by atoms with Crippen molar-refractivity contribution in [3.05, 3.63) is 41.3 Å². The molecule has 0 saturated heterocycles. The molecule has 1 aromatic carbocycles. The number of rotatable bonds is 8. The van der Waals surface area contributed by atoms with E-state index in [0.717, 1.165) is 15.6 Å². The first-order valence-electron chi connectivity index (χ1n) is 9.73. The number of benzene rings is 1. The molecule has 0 aliphatic rings. The molecule has 2 heterocycles. The highest BCUT2D eigenvalue weighted by atomic mass is 35.5. The van der Waals surface area contributed by atoms with Gasteiger partial charge in [-0.1, -0.05) is 23.4 Å². The Morgan fingerprint density at radius 1 is 1.31 bits per heavy atom.